The van der Waals surface area contributed by atoms with Crippen molar-refractivity contribution in [3.8, 4) is 11.5 Å². The van der Waals surface area contributed by atoms with Gasteiger partial charge in [0.2, 0.25) is 0 Å². The lowest BCUT2D eigenvalue weighted by atomic mass is 10.2. The Morgan fingerprint density at radius 1 is 1.35 bits per heavy atom. The number of halogens is 2. The average molecular weight is 482 g/mol. The van der Waals surface area contributed by atoms with Crippen LogP contribution in [0.5, 0.6) is 11.5 Å². The molecule has 2 N–H and O–H groups in total. The molecule has 26 heavy (non-hydrogen) atoms. The second-order valence-electron chi connectivity index (χ2n) is 5.24. The molecule has 134 valence electrons. The van der Waals surface area contributed by atoms with Crippen LogP contribution in [0.4, 0.5) is 0 Å². The number of nitrogens with zero attached hydrogens (tertiary/aromatic N) is 1. The third-order valence-corrected chi connectivity index (χ3v) is 4.51. The largest absolute Gasteiger partial charge is 0.504 e. The van der Waals surface area contributed by atoms with Crippen LogP contribution in [0.3, 0.4) is 0 Å². The van der Waals surface area contributed by atoms with E-state index in [1.807, 2.05) is 19.1 Å². The number of furan rings is 1. The van der Waals surface area contributed by atoms with Crippen molar-refractivity contribution in [2.75, 3.05) is 6.61 Å². The highest BCUT2D eigenvalue weighted by Crippen LogP contribution is 2.31. The van der Waals surface area contributed by atoms with E-state index in [4.69, 9.17) is 9.15 Å². The number of carbonyl (C=O) groups excluding carboxylic acids is 1. The molecule has 3 rings (SSSR count). The number of para-hydroxylation sites is 1. The quantitative estimate of drug-likeness (QED) is 0.404. The molecule has 1 heterocycles. The number of benzene rings is 2. The van der Waals surface area contributed by atoms with Gasteiger partial charge in [-0.15, -0.1) is 0 Å². The lowest BCUT2D eigenvalue weighted by molar-refractivity contribution is 0.0929. The molecular formula is C18H14Br2N2O4. The number of hydrogen-bond donors (Lipinski definition) is 2. The summed E-state index contributed by atoms with van der Waals surface area (Å²) in [6.07, 6.45) is 1.34. The van der Waals surface area contributed by atoms with E-state index in [0.29, 0.717) is 23.5 Å². The van der Waals surface area contributed by atoms with Crippen molar-refractivity contribution in [2.45, 2.75) is 6.92 Å². The van der Waals surface area contributed by atoms with E-state index in [0.717, 1.165) is 14.3 Å². The minimum atomic E-state index is -0.499. The number of aromatic hydroxyl groups is 1. The monoisotopic (exact) mass is 480 g/mol. The number of fused-ring (bicyclic) bond motifs is 1. The molecule has 6 nitrogen and oxygen atoms in total. The van der Waals surface area contributed by atoms with Gasteiger partial charge in [-0.25, -0.2) is 5.43 Å². The Balaban J connectivity index is 1.76. The second kappa shape index (κ2) is 7.92. The molecule has 3 aromatic rings. The lowest BCUT2D eigenvalue weighted by Gasteiger charge is -2.06. The van der Waals surface area contributed by atoms with Crippen molar-refractivity contribution < 1.29 is 19.1 Å². The Kier molecular flexibility index (Phi) is 5.63. The van der Waals surface area contributed by atoms with Gasteiger partial charge >= 0.3 is 5.91 Å². The first-order valence-electron chi connectivity index (χ1n) is 7.66. The molecule has 0 spiro atoms. The third kappa shape index (κ3) is 3.91. The molecule has 0 fully saturated rings. The molecular weight excluding hydrogens is 468 g/mol. The molecule has 0 unspecified atom stereocenters. The number of phenols is 1. The van der Waals surface area contributed by atoms with Crippen molar-refractivity contribution in [1.82, 2.24) is 5.43 Å². The standard InChI is InChI=1S/C18H14Br2N2O4/c1-2-25-14-5-3-4-10(16(14)23)9-21-22-18(24)15-7-11-6-12(19)8-13(20)17(11)26-15/h3-9,23H,2H2,1H3,(H,22,24)/b21-9-. The van der Waals surface area contributed by atoms with Crippen LogP contribution >= 0.6 is 31.9 Å². The van der Waals surface area contributed by atoms with Crippen LogP contribution in [0.1, 0.15) is 23.0 Å². The fourth-order valence-corrected chi connectivity index (χ4v) is 3.66. The van der Waals surface area contributed by atoms with E-state index in [2.05, 4.69) is 42.4 Å². The number of ether oxygens (including phenoxy) is 1. The highest BCUT2D eigenvalue weighted by Gasteiger charge is 2.14. The molecule has 8 heteroatoms. The zero-order chi connectivity index (χ0) is 18.7. The topological polar surface area (TPSA) is 84.1 Å². The molecule has 0 bridgehead atoms. The lowest BCUT2D eigenvalue weighted by Crippen LogP contribution is -2.16. The van der Waals surface area contributed by atoms with E-state index >= 15 is 0 Å². The first-order chi connectivity index (χ1) is 12.5. The molecule has 0 saturated heterocycles. The van der Waals surface area contributed by atoms with E-state index in [-0.39, 0.29) is 11.5 Å². The molecule has 0 aliphatic heterocycles. The summed E-state index contributed by atoms with van der Waals surface area (Å²) in [4.78, 5) is 12.2. The minimum absolute atomic E-state index is 0.0372. The minimum Gasteiger partial charge on any atom is -0.504 e. The van der Waals surface area contributed by atoms with Crippen LogP contribution in [0.2, 0.25) is 0 Å². The van der Waals surface area contributed by atoms with Gasteiger partial charge in [0.25, 0.3) is 0 Å². The van der Waals surface area contributed by atoms with Gasteiger partial charge in [0.15, 0.2) is 17.3 Å². The fourth-order valence-electron chi connectivity index (χ4n) is 2.32. The summed E-state index contributed by atoms with van der Waals surface area (Å²) in [6.45, 7) is 2.26. The fraction of sp³-hybridized carbons (Fsp3) is 0.111. The van der Waals surface area contributed by atoms with Crippen molar-refractivity contribution in [2.24, 2.45) is 5.10 Å². The van der Waals surface area contributed by atoms with E-state index in [1.165, 1.54) is 6.21 Å². The van der Waals surface area contributed by atoms with Crippen LogP contribution in [0.25, 0.3) is 11.0 Å². The SMILES string of the molecule is CCOc1cccc(/C=N\NC(=O)c2cc3cc(Br)cc(Br)c3o2)c1O. The summed E-state index contributed by atoms with van der Waals surface area (Å²) >= 11 is 6.79. The van der Waals surface area contributed by atoms with Crippen LogP contribution in [0, 0.1) is 0 Å². The number of amides is 1. The van der Waals surface area contributed by atoms with Gasteiger partial charge in [0.1, 0.15) is 5.58 Å². The van der Waals surface area contributed by atoms with Crippen molar-refractivity contribution in [3.63, 3.8) is 0 Å². The van der Waals surface area contributed by atoms with Gasteiger partial charge in [-0.05, 0) is 53.2 Å². The molecule has 0 saturated carbocycles. The molecule has 1 amide bonds. The molecule has 2 aromatic carbocycles. The zero-order valence-corrected chi connectivity index (χ0v) is 16.8. The zero-order valence-electron chi connectivity index (χ0n) is 13.6. The maximum Gasteiger partial charge on any atom is 0.307 e. The number of rotatable bonds is 5. The highest BCUT2D eigenvalue weighted by molar-refractivity contribution is 9.11. The van der Waals surface area contributed by atoms with Crippen LogP contribution in [-0.4, -0.2) is 23.8 Å². The van der Waals surface area contributed by atoms with Gasteiger partial charge in [0, 0.05) is 15.4 Å². The number of hydrogen-bond acceptors (Lipinski definition) is 5. The molecule has 0 atom stereocenters. The summed E-state index contributed by atoms with van der Waals surface area (Å²) < 4.78 is 12.5. The summed E-state index contributed by atoms with van der Waals surface area (Å²) in [5.41, 5.74) is 3.38. The van der Waals surface area contributed by atoms with E-state index < -0.39 is 5.91 Å². The normalized spacial score (nSPS) is 11.2. The Morgan fingerprint density at radius 2 is 2.15 bits per heavy atom. The van der Waals surface area contributed by atoms with Gasteiger partial charge in [-0.2, -0.15) is 5.10 Å². The molecule has 0 radical (unpaired) electrons. The average Bonchev–Trinajstić information content (AvgIpc) is 3.02. The first kappa shape index (κ1) is 18.5. The van der Waals surface area contributed by atoms with Gasteiger partial charge in [0.05, 0.1) is 17.3 Å². The number of nitrogens with one attached hydrogen (secondary N) is 1. The summed E-state index contributed by atoms with van der Waals surface area (Å²) in [6, 6.07) is 10.3. The molecule has 0 aliphatic carbocycles. The van der Waals surface area contributed by atoms with Crippen LogP contribution in [-0.2, 0) is 0 Å². The van der Waals surface area contributed by atoms with Crippen LogP contribution in [0.15, 0.2) is 54.9 Å². The predicted molar refractivity (Wildman–Crippen MR) is 106 cm³/mol. The Morgan fingerprint density at radius 3 is 2.92 bits per heavy atom. The molecule has 0 aliphatic rings. The summed E-state index contributed by atoms with van der Waals surface area (Å²) in [5, 5.41) is 14.7. The number of carbonyl (C=O) groups is 1. The maximum absolute atomic E-state index is 12.2. The van der Waals surface area contributed by atoms with E-state index in [9.17, 15) is 9.90 Å². The Bertz CT molecular complexity index is 998. The van der Waals surface area contributed by atoms with Crippen molar-refractivity contribution in [1.29, 1.82) is 0 Å². The van der Waals surface area contributed by atoms with E-state index in [1.54, 1.807) is 24.3 Å². The van der Waals surface area contributed by atoms with Crippen LogP contribution < -0.4 is 10.2 Å². The smallest absolute Gasteiger partial charge is 0.307 e. The van der Waals surface area contributed by atoms with Crippen molar-refractivity contribution >= 4 is 55.0 Å². The summed E-state index contributed by atoms with van der Waals surface area (Å²) in [5.74, 6) is -0.0514. The number of hydrazone groups is 1. The van der Waals surface area contributed by atoms with Crippen molar-refractivity contribution in [3.05, 3.63) is 56.7 Å². The highest BCUT2D eigenvalue weighted by atomic mass is 79.9. The Labute approximate surface area is 166 Å². The number of phenolic OH excluding ortho intramolecular Hbond substituents is 1. The molecule has 1 aromatic heterocycles. The summed E-state index contributed by atoms with van der Waals surface area (Å²) in [7, 11) is 0. The maximum atomic E-state index is 12.2. The van der Waals surface area contributed by atoms with Gasteiger partial charge in [-0.1, -0.05) is 22.0 Å². The second-order valence-corrected chi connectivity index (χ2v) is 7.01. The predicted octanol–water partition coefficient (Wildman–Crippen LogP) is 4.83. The third-order valence-electron chi connectivity index (χ3n) is 3.46. The van der Waals surface area contributed by atoms with Gasteiger partial charge < -0.3 is 14.3 Å². The van der Waals surface area contributed by atoms with Gasteiger partial charge in [-0.3, -0.25) is 4.79 Å². The Hall–Kier alpha value is -2.32. The first-order valence-corrected chi connectivity index (χ1v) is 9.25.